The molecule has 2 aliphatic rings. The predicted molar refractivity (Wildman–Crippen MR) is 137 cm³/mol. The topological polar surface area (TPSA) is 172 Å². The Balaban J connectivity index is 0.00000139. The first-order valence-corrected chi connectivity index (χ1v) is 11.3. The monoisotopic (exact) mass is 543 g/mol. The molecule has 13 heteroatoms. The Morgan fingerprint density at radius 1 is 1.03 bits per heavy atom. The van der Waals surface area contributed by atoms with Gasteiger partial charge in [-0.05, 0) is 52.4 Å². The fourth-order valence-corrected chi connectivity index (χ4v) is 2.64. The van der Waals surface area contributed by atoms with E-state index in [1.165, 1.54) is 43.9 Å². The van der Waals surface area contributed by atoms with Crippen molar-refractivity contribution < 1.29 is 43.0 Å². The molecule has 0 saturated heterocycles. The third-order valence-electron chi connectivity index (χ3n) is 4.60. The van der Waals surface area contributed by atoms with E-state index in [2.05, 4.69) is 37.6 Å². The van der Waals surface area contributed by atoms with Gasteiger partial charge in [-0.2, -0.15) is 0 Å². The van der Waals surface area contributed by atoms with Crippen LogP contribution in [0.1, 0.15) is 25.0 Å². The second kappa shape index (κ2) is 16.6. The molecule has 0 spiro atoms. The standard InChI is InChI=1S/C22H20N2O10.C4H9N/c1-12(2)21(27)33-17(8-25)19-23-20(18(9-26)34-22(28)13(3)4)32-11-15-6-5-14(10-31-19)7-16(15)24(29)30;1-3-5-4-2/h5-7,19-20,23H,1,3,10-11H2,2,4H3;5H,1-4H2. The number of nitro benzene ring substituents is 1. The minimum atomic E-state index is -1.63. The maximum absolute atomic E-state index is 11.9. The van der Waals surface area contributed by atoms with Gasteiger partial charge in [-0.25, -0.2) is 19.2 Å². The predicted octanol–water partition coefficient (Wildman–Crippen LogP) is 1.80. The zero-order valence-corrected chi connectivity index (χ0v) is 21.6. The molecule has 3 rings (SSSR count). The van der Waals surface area contributed by atoms with Crippen LogP contribution in [0.5, 0.6) is 0 Å². The number of ether oxygens (including phenoxy) is 4. The van der Waals surface area contributed by atoms with Crippen molar-refractivity contribution in [2.24, 2.45) is 0 Å². The quantitative estimate of drug-likeness (QED) is 0.116. The Hall–Kier alpha value is -4.22. The zero-order chi connectivity index (χ0) is 29.5. The highest BCUT2D eigenvalue weighted by Gasteiger charge is 2.31. The summed E-state index contributed by atoms with van der Waals surface area (Å²) < 4.78 is 21.0. The Bertz CT molecular complexity index is 1190. The van der Waals surface area contributed by atoms with Crippen LogP contribution in [0.3, 0.4) is 0 Å². The van der Waals surface area contributed by atoms with Crippen molar-refractivity contribution in [2.75, 3.05) is 13.1 Å². The summed E-state index contributed by atoms with van der Waals surface area (Å²) in [4.78, 5) is 57.9. The molecule has 0 saturated carbocycles. The summed E-state index contributed by atoms with van der Waals surface area (Å²) in [5, 5.41) is 16.9. The van der Waals surface area contributed by atoms with Gasteiger partial charge in [0.15, 0.2) is 24.3 Å². The number of rotatable bonds is 9. The summed E-state index contributed by atoms with van der Waals surface area (Å²) in [6.45, 7) is 17.4. The number of fused-ring (bicyclic) bond motifs is 8. The van der Waals surface area contributed by atoms with E-state index in [1.807, 2.05) is 0 Å². The minimum absolute atomic E-state index is 0.0352. The van der Waals surface area contributed by atoms with Gasteiger partial charge < -0.3 is 24.3 Å². The van der Waals surface area contributed by atoms with Gasteiger partial charge in [0, 0.05) is 17.2 Å². The molecule has 2 heterocycles. The number of hydrogen-bond donors (Lipinski definition) is 2. The lowest BCUT2D eigenvalue weighted by Gasteiger charge is -2.25. The van der Waals surface area contributed by atoms with E-state index in [9.17, 15) is 29.3 Å². The molecule has 0 aromatic heterocycles. The Labute approximate surface area is 225 Å². The van der Waals surface area contributed by atoms with Crippen LogP contribution in [0.4, 0.5) is 5.69 Å². The number of nitrogens with one attached hydrogen (secondary N) is 2. The molecule has 2 radical (unpaired) electrons. The second-order valence-corrected chi connectivity index (χ2v) is 7.79. The van der Waals surface area contributed by atoms with Crippen LogP contribution in [-0.4, -0.2) is 54.3 Å². The fraction of sp³-hybridized carbons (Fsp3) is 0.308. The molecular formula is C26H29N3O10. The lowest BCUT2D eigenvalue weighted by Crippen LogP contribution is -2.45. The van der Waals surface area contributed by atoms with Crippen LogP contribution in [0.2, 0.25) is 0 Å². The summed E-state index contributed by atoms with van der Waals surface area (Å²) in [5.41, 5.74) is 0.0973. The van der Waals surface area contributed by atoms with Crippen LogP contribution in [0, 0.1) is 24.0 Å². The molecule has 208 valence electrons. The van der Waals surface area contributed by atoms with Gasteiger partial charge in [-0.1, -0.05) is 19.2 Å². The Morgan fingerprint density at radius 3 is 1.90 bits per heavy atom. The maximum Gasteiger partial charge on any atom is 0.339 e. The average molecular weight is 544 g/mol. The van der Waals surface area contributed by atoms with Crippen LogP contribution < -0.4 is 10.6 Å². The number of esters is 2. The van der Waals surface area contributed by atoms with E-state index in [4.69, 9.17) is 18.9 Å². The lowest BCUT2D eigenvalue weighted by molar-refractivity contribution is -0.386. The van der Waals surface area contributed by atoms with Crippen LogP contribution in [0.25, 0.3) is 0 Å². The Kier molecular flexibility index (Phi) is 14.0. The largest absolute Gasteiger partial charge is 0.411 e. The van der Waals surface area contributed by atoms with Gasteiger partial charge in [-0.15, -0.1) is 0 Å². The third kappa shape index (κ3) is 10.6. The van der Waals surface area contributed by atoms with E-state index < -0.39 is 47.4 Å². The normalized spacial score (nSPS) is 16.1. The fourth-order valence-electron chi connectivity index (χ4n) is 2.64. The molecule has 2 aliphatic heterocycles. The van der Waals surface area contributed by atoms with E-state index in [0.29, 0.717) is 5.56 Å². The number of hydrogen-bond acceptors (Lipinski definition) is 12. The van der Waals surface area contributed by atoms with Crippen molar-refractivity contribution in [1.29, 1.82) is 0 Å². The Morgan fingerprint density at radius 2 is 1.51 bits per heavy atom. The molecular weight excluding hydrogens is 514 g/mol. The van der Waals surface area contributed by atoms with Gasteiger partial charge >= 0.3 is 11.9 Å². The average Bonchev–Trinajstić information content (AvgIpc) is 2.96. The minimum Gasteiger partial charge on any atom is -0.411 e. The second-order valence-electron chi connectivity index (χ2n) is 7.79. The molecule has 1 aromatic rings. The first-order valence-electron chi connectivity index (χ1n) is 11.3. The van der Waals surface area contributed by atoms with Crippen molar-refractivity contribution >= 4 is 29.5 Å². The molecule has 0 fully saturated rings. The highest BCUT2D eigenvalue weighted by molar-refractivity contribution is 5.89. The summed E-state index contributed by atoms with van der Waals surface area (Å²) in [6.07, 6.45) is -3.21. The number of nitro groups is 1. The van der Waals surface area contributed by atoms with Gasteiger partial charge in [0.25, 0.3) is 5.69 Å². The van der Waals surface area contributed by atoms with Gasteiger partial charge in [0.1, 0.15) is 0 Å². The van der Waals surface area contributed by atoms with E-state index in [-0.39, 0.29) is 29.0 Å². The van der Waals surface area contributed by atoms with E-state index >= 15 is 0 Å². The molecule has 1 aromatic carbocycles. The molecule has 0 aliphatic carbocycles. The molecule has 2 atom stereocenters. The van der Waals surface area contributed by atoms with Crippen LogP contribution in [-0.2, 0) is 51.3 Å². The first-order chi connectivity index (χ1) is 18.5. The third-order valence-corrected chi connectivity index (χ3v) is 4.60. The van der Waals surface area contributed by atoms with Crippen LogP contribution in [0.15, 0.2) is 54.0 Å². The number of benzene rings is 1. The van der Waals surface area contributed by atoms with E-state index in [0.717, 1.165) is 13.1 Å². The lowest BCUT2D eigenvalue weighted by atomic mass is 10.1. The smallest absolute Gasteiger partial charge is 0.339 e. The number of nitrogens with zero attached hydrogens (tertiary/aromatic N) is 1. The summed E-state index contributed by atoms with van der Waals surface area (Å²) in [5.74, 6) is -0.545. The van der Waals surface area contributed by atoms with Crippen molar-refractivity contribution in [3.8, 4) is 0 Å². The number of carbonyl (C=O) groups excluding carboxylic acids is 4. The molecule has 2 unspecified atom stereocenters. The highest BCUT2D eigenvalue weighted by Crippen LogP contribution is 2.25. The summed E-state index contributed by atoms with van der Waals surface area (Å²) in [7, 11) is 0. The molecule has 0 amide bonds. The van der Waals surface area contributed by atoms with Crippen LogP contribution >= 0.6 is 0 Å². The molecule has 2 bridgehead atoms. The van der Waals surface area contributed by atoms with Gasteiger partial charge in [0.2, 0.25) is 11.5 Å². The van der Waals surface area contributed by atoms with Crippen molar-refractivity contribution in [2.45, 2.75) is 39.5 Å². The van der Waals surface area contributed by atoms with Crippen molar-refractivity contribution in [1.82, 2.24) is 10.6 Å². The van der Waals surface area contributed by atoms with Crippen molar-refractivity contribution in [3.63, 3.8) is 0 Å². The number of carbonyl (C=O) groups is 2. The maximum atomic E-state index is 11.9. The molecule has 2 N–H and O–H groups in total. The SMILES string of the molecule is C=C(C)C(=O)OC(=C=O)C1NC(C(=C=O)OC(=O)C(=C)C)OCc2ccc(cc2[N+](=O)[O-])CO1.[CH2]CNC[CH2]. The summed E-state index contributed by atoms with van der Waals surface area (Å²) >= 11 is 0. The van der Waals surface area contributed by atoms with Crippen molar-refractivity contribution in [3.05, 3.63) is 89.1 Å². The van der Waals surface area contributed by atoms with Gasteiger partial charge in [0.05, 0.1) is 23.7 Å². The van der Waals surface area contributed by atoms with E-state index in [1.54, 1.807) is 0 Å². The molecule has 39 heavy (non-hydrogen) atoms. The summed E-state index contributed by atoms with van der Waals surface area (Å²) in [6, 6.07) is 4.17. The first kappa shape index (κ1) is 32.8. The zero-order valence-electron chi connectivity index (χ0n) is 21.6. The molecule has 13 nitrogen and oxygen atoms in total. The van der Waals surface area contributed by atoms with Gasteiger partial charge in [-0.3, -0.25) is 15.4 Å². The highest BCUT2D eigenvalue weighted by atomic mass is 16.6.